The summed E-state index contributed by atoms with van der Waals surface area (Å²) in [5, 5.41) is 36.6. The summed E-state index contributed by atoms with van der Waals surface area (Å²) in [6, 6.07) is 0. The Morgan fingerprint density at radius 3 is 0.833 bits per heavy atom. The number of nitrogens with zero attached hydrogens (tertiary/aromatic N) is 19. The predicted octanol–water partition coefficient (Wildman–Crippen LogP) is 7.11. The van der Waals surface area contributed by atoms with Crippen LogP contribution in [0, 0.1) is 0 Å². The first-order chi connectivity index (χ1) is 60.6. The van der Waals surface area contributed by atoms with E-state index in [9.17, 15) is 47.9 Å². The van der Waals surface area contributed by atoms with Crippen LogP contribution in [-0.2, 0) is 109 Å². The Morgan fingerprint density at radius 1 is 0.349 bits per heavy atom. The van der Waals surface area contributed by atoms with Gasteiger partial charge in [0.2, 0.25) is 0 Å². The van der Waals surface area contributed by atoms with Gasteiger partial charge < -0.3 is 99.0 Å². The number of carbonyl (C=O) groups excluding carboxylic acids is 8. The van der Waals surface area contributed by atoms with Crippen LogP contribution in [0.3, 0.4) is 0 Å². The molecular weight excluding hydrogens is 1730 g/mol. The highest BCUT2D eigenvalue weighted by atomic mass is 79.9. The molecule has 730 valence electrons. The molecule has 50 heteroatoms. The summed E-state index contributed by atoms with van der Waals surface area (Å²) < 4.78 is 71.7. The molecule has 1 amide bonds. The average Bonchev–Trinajstić information content (AvgIpc) is 0.964. The Kier molecular flexibility index (Phi) is 111. The molecule has 0 aromatic heterocycles. The molecule has 0 spiro atoms. The number of Topliss-reactive ketones (excluding diaryl/α,β-unsaturated/α-hetero) is 4. The maximum absolute atomic E-state index is 12.3. The van der Waals surface area contributed by atoms with E-state index >= 15 is 0 Å². The van der Waals surface area contributed by atoms with Crippen LogP contribution in [0.1, 0.15) is 133 Å². The zero-order valence-corrected chi connectivity index (χ0v) is 77.5. The van der Waals surface area contributed by atoms with Gasteiger partial charge >= 0.3 is 35.9 Å². The monoisotopic (exact) mass is 1880 g/mol. The number of halogens is 1. The van der Waals surface area contributed by atoms with Crippen LogP contribution in [0.2, 0.25) is 0 Å². The van der Waals surface area contributed by atoms with Gasteiger partial charge in [0.25, 0.3) is 0 Å². The van der Waals surface area contributed by atoms with Gasteiger partial charge in [0.1, 0.15) is 34.1 Å². The van der Waals surface area contributed by atoms with Gasteiger partial charge in [-0.25, -0.2) is 4.79 Å². The molecule has 0 saturated carbocycles. The number of carbonyl (C=O) groups is 10. The van der Waals surface area contributed by atoms with Crippen LogP contribution >= 0.6 is 15.9 Å². The van der Waals surface area contributed by atoms with Crippen molar-refractivity contribution >= 4 is 75.0 Å². The number of carboxylic acid groups (broad SMARTS) is 2. The summed E-state index contributed by atoms with van der Waals surface area (Å²) in [6.45, 7) is 32.3. The Bertz CT molecular complexity index is 2710. The van der Waals surface area contributed by atoms with Crippen LogP contribution in [0.15, 0.2) is 25.6 Å². The minimum Gasteiger partial charge on any atom is -0.480 e. The third kappa shape index (κ3) is 120. The van der Waals surface area contributed by atoms with E-state index in [4.69, 9.17) is 117 Å². The van der Waals surface area contributed by atoms with Crippen LogP contribution in [0.5, 0.6) is 0 Å². The lowest BCUT2D eigenvalue weighted by Gasteiger charge is -2.21. The SMILES string of the molecule is CC(C)(C)OC(=O)NCCOCCN.CCCOCCN(CC(=O)CCCOCCN=[N+]=[N-])CC(=O)CCCOCCN=[N+]=[N-].CCCOCCN(CC(=O)O)CC(=O)O.CCCOCCN(CC(=O)OCC)CC(=O)OCC.CCOC(=O)CBr.[N-]=[N+]=NCCOCCCC(=O)CN(CCOCCN)CC(=O)CCCOCCN=[N+]=[N-].[N-]=[N+]=NCCOCCN. The molecule has 126 heavy (non-hydrogen) atoms. The second-order valence-corrected chi connectivity index (χ2v) is 27.0. The number of aliphatic carboxylic acids is 2. The summed E-state index contributed by atoms with van der Waals surface area (Å²) in [7, 11) is 0. The first-order valence-corrected chi connectivity index (χ1v) is 43.1. The highest BCUT2D eigenvalue weighted by Gasteiger charge is 2.20. The van der Waals surface area contributed by atoms with Crippen LogP contribution < -0.4 is 22.5 Å². The quantitative estimate of drug-likeness (QED) is 0.00671. The number of azide groups is 5. The number of carboxylic acids is 2. The van der Waals surface area contributed by atoms with Gasteiger partial charge in [-0.1, -0.05) is 62.3 Å². The van der Waals surface area contributed by atoms with Gasteiger partial charge in [-0.3, -0.25) is 62.8 Å². The summed E-state index contributed by atoms with van der Waals surface area (Å²) in [4.78, 5) is 134. The van der Waals surface area contributed by atoms with Gasteiger partial charge in [0, 0.05) is 182 Å². The second kappa shape index (κ2) is 107. The standard InChI is InChI=1S/C19H35N7O5.C18H34N8O5.C13H25NO5.C9H20N2O3.C9H17NO5.C4H7BrO2.C4H10N4O/c1-2-10-29-15-9-26(16-18(27)5-3-11-30-13-7-22-24-20)17-19(28)6-4-12-31-14-8-23-25-21;19-5-11-31-14-8-26(15-17(27)3-1-9-29-12-6-22-24-20)16-18(28)4-2-10-30-13-7-23-25-21;1-4-8-17-9-7-14(10-12(15)18-5-2)11-13(16)19-6-3;1-9(2,3)14-8(12)11-5-7-13-6-4-10;1-2-4-15-5-3-10(6-8(11)12)7-9(13)14;1-2-7-4(6)3-5;5-1-3-9-4-2-7-8-6/h2-17H2,1H3;1-16,19H2;4-11H2,1-3H3;4-7,10H2,1-3H3,(H,11,12);2-7H2,1H3,(H,11,12)(H,13,14);2-3H2,1H3;1-5H2. The van der Waals surface area contributed by atoms with Crippen LogP contribution in [-0.4, -0.2) is 389 Å². The summed E-state index contributed by atoms with van der Waals surface area (Å²) >= 11 is 2.94. The summed E-state index contributed by atoms with van der Waals surface area (Å²) in [6.07, 6.45) is 6.01. The first-order valence-electron chi connectivity index (χ1n) is 42.0. The number of alkyl carbamates (subject to hydrolysis) is 1. The third-order valence-electron chi connectivity index (χ3n) is 14.0. The first kappa shape index (κ1) is 131. The molecule has 0 aliphatic heterocycles. The Hall–Kier alpha value is -8.35. The highest BCUT2D eigenvalue weighted by molar-refractivity contribution is 9.09. The van der Waals surface area contributed by atoms with Gasteiger partial charge in [0.15, 0.2) is 0 Å². The van der Waals surface area contributed by atoms with Crippen LogP contribution in [0.4, 0.5) is 4.79 Å². The number of rotatable bonds is 78. The number of alkyl halides is 1. The maximum Gasteiger partial charge on any atom is 0.407 e. The smallest absolute Gasteiger partial charge is 0.407 e. The topological polar surface area (TPSA) is 687 Å². The number of amides is 1. The summed E-state index contributed by atoms with van der Waals surface area (Å²) in [5.74, 6) is -2.84. The minimum atomic E-state index is -1.04. The van der Waals surface area contributed by atoms with Crippen molar-refractivity contribution in [2.24, 2.45) is 42.8 Å². The fraction of sp³-hybridized carbons (Fsp3) is 0.868. The Labute approximate surface area is 749 Å². The number of ether oxygens (including phenoxy) is 14. The lowest BCUT2D eigenvalue weighted by atomic mass is 10.2. The molecule has 0 radical (unpaired) electrons. The molecule has 0 rings (SSSR count). The lowest BCUT2D eigenvalue weighted by Crippen LogP contribution is -2.38. The van der Waals surface area contributed by atoms with E-state index < -0.39 is 23.6 Å². The summed E-state index contributed by atoms with van der Waals surface area (Å²) in [5.41, 5.74) is 55.8. The number of nitrogens with one attached hydrogen (secondary N) is 1. The molecule has 0 fully saturated rings. The number of nitrogens with two attached hydrogens (primary N) is 3. The largest absolute Gasteiger partial charge is 0.480 e. The van der Waals surface area contributed by atoms with E-state index in [0.717, 1.165) is 19.3 Å². The molecule has 0 unspecified atom stereocenters. The number of hydrogen-bond acceptors (Lipinski definition) is 36. The Balaban J connectivity index is -0.000000276. The van der Waals surface area contributed by atoms with Crippen molar-refractivity contribution in [1.29, 1.82) is 0 Å². The van der Waals surface area contributed by atoms with Crippen molar-refractivity contribution in [2.45, 2.75) is 139 Å². The molecule has 0 saturated heterocycles. The molecule has 0 heterocycles. The van der Waals surface area contributed by atoms with Crippen LogP contribution in [0.25, 0.3) is 52.2 Å². The predicted molar refractivity (Wildman–Crippen MR) is 472 cm³/mol. The van der Waals surface area contributed by atoms with Crippen molar-refractivity contribution in [1.82, 2.24) is 24.9 Å². The zero-order chi connectivity index (χ0) is 95.9. The van der Waals surface area contributed by atoms with E-state index in [-0.39, 0.29) is 120 Å². The van der Waals surface area contributed by atoms with E-state index in [1.54, 1.807) is 30.6 Å². The maximum atomic E-state index is 12.3. The second-order valence-electron chi connectivity index (χ2n) is 26.4. The molecule has 0 aromatic rings. The normalized spacial score (nSPS) is 10.3. The molecule has 0 bridgehead atoms. The van der Waals surface area contributed by atoms with Crippen molar-refractivity contribution in [3.8, 4) is 0 Å². The molecule has 0 aromatic carbocycles. The zero-order valence-electron chi connectivity index (χ0n) is 75.9. The van der Waals surface area contributed by atoms with Crippen molar-refractivity contribution in [3.05, 3.63) is 52.2 Å². The fourth-order valence-electron chi connectivity index (χ4n) is 8.78. The van der Waals surface area contributed by atoms with E-state index in [1.165, 1.54) is 4.90 Å². The third-order valence-corrected chi connectivity index (χ3v) is 14.4. The van der Waals surface area contributed by atoms with Crippen molar-refractivity contribution < 1.29 is 124 Å². The highest BCUT2D eigenvalue weighted by Crippen LogP contribution is 2.07. The van der Waals surface area contributed by atoms with Gasteiger partial charge in [-0.2, -0.15) is 0 Å². The molecule has 49 nitrogen and oxygen atoms in total. The number of esters is 3. The molecular formula is C76H148BrN23O26. The van der Waals surface area contributed by atoms with Gasteiger partial charge in [-0.15, -0.1) is 0 Å². The number of ketones is 4. The molecule has 0 atom stereocenters. The molecule has 0 aliphatic rings. The number of hydrogen-bond donors (Lipinski definition) is 6. The van der Waals surface area contributed by atoms with Gasteiger partial charge in [-0.05, 0) is 114 Å². The average molecular weight is 1880 g/mol. The lowest BCUT2D eigenvalue weighted by molar-refractivity contribution is -0.149. The van der Waals surface area contributed by atoms with E-state index in [1.807, 2.05) is 46.4 Å². The van der Waals surface area contributed by atoms with E-state index in [2.05, 4.69) is 76.1 Å². The minimum absolute atomic E-state index is 0.0200. The van der Waals surface area contributed by atoms with Crippen molar-refractivity contribution in [2.75, 3.05) is 295 Å². The molecule has 9 N–H and O–H groups in total. The van der Waals surface area contributed by atoms with Gasteiger partial charge in [0.05, 0.1) is 158 Å². The Morgan fingerprint density at radius 2 is 0.595 bits per heavy atom. The molecule has 0 aliphatic carbocycles. The van der Waals surface area contributed by atoms with E-state index in [0.29, 0.717) is 268 Å². The fourth-order valence-corrected chi connectivity index (χ4v) is 8.95. The van der Waals surface area contributed by atoms with Crippen molar-refractivity contribution in [3.63, 3.8) is 0 Å².